The third-order valence-electron chi connectivity index (χ3n) is 2.69. The molecule has 0 aromatic carbocycles. The number of aromatic carboxylic acids is 1. The van der Waals surface area contributed by atoms with Gasteiger partial charge < -0.3 is 10.1 Å². The van der Waals surface area contributed by atoms with Gasteiger partial charge in [0, 0.05) is 6.04 Å². The summed E-state index contributed by atoms with van der Waals surface area (Å²) in [5.74, 6) is -1.09. The minimum absolute atomic E-state index is 0.0408. The first-order chi connectivity index (χ1) is 7.66. The van der Waals surface area contributed by atoms with Crippen LogP contribution in [0, 0.1) is 0 Å². The van der Waals surface area contributed by atoms with Crippen molar-refractivity contribution in [3.63, 3.8) is 0 Å². The summed E-state index contributed by atoms with van der Waals surface area (Å²) in [4.78, 5) is 29.1. The van der Waals surface area contributed by atoms with Gasteiger partial charge in [-0.3, -0.25) is 4.57 Å². The van der Waals surface area contributed by atoms with Crippen LogP contribution in [0.5, 0.6) is 0 Å². The molecule has 2 heterocycles. The van der Waals surface area contributed by atoms with Gasteiger partial charge in [-0.25, -0.2) is 14.6 Å². The number of nitrogens with zero attached hydrogens (tertiary/aromatic N) is 2. The average molecular weight is 219 g/mol. The van der Waals surface area contributed by atoms with Crippen LogP contribution >= 0.6 is 0 Å². The minimum atomic E-state index is -1.09. The largest absolute Gasteiger partial charge is 0.477 e. The number of imidazole rings is 1. The fourth-order valence-corrected chi connectivity index (χ4v) is 1.79. The number of aromatic nitrogens is 3. The molecule has 6 heteroatoms. The summed E-state index contributed by atoms with van der Waals surface area (Å²) >= 11 is 0. The highest BCUT2D eigenvalue weighted by molar-refractivity contribution is 5.88. The summed E-state index contributed by atoms with van der Waals surface area (Å²) in [7, 11) is 0. The zero-order valence-corrected chi connectivity index (χ0v) is 8.30. The first-order valence-corrected chi connectivity index (χ1v) is 5.01. The zero-order valence-electron chi connectivity index (χ0n) is 8.30. The van der Waals surface area contributed by atoms with Crippen molar-refractivity contribution >= 4 is 17.1 Å². The maximum atomic E-state index is 11.6. The Labute approximate surface area is 89.5 Å². The molecule has 0 atom stereocenters. The molecule has 2 aromatic heterocycles. The van der Waals surface area contributed by atoms with Crippen molar-refractivity contribution in [1.29, 1.82) is 0 Å². The minimum Gasteiger partial charge on any atom is -0.477 e. The van der Waals surface area contributed by atoms with E-state index in [-0.39, 0.29) is 17.4 Å². The van der Waals surface area contributed by atoms with Crippen LogP contribution in [0.2, 0.25) is 0 Å². The van der Waals surface area contributed by atoms with Gasteiger partial charge in [-0.15, -0.1) is 0 Å². The molecule has 2 aromatic rings. The van der Waals surface area contributed by atoms with Crippen LogP contribution in [0.15, 0.2) is 16.9 Å². The predicted molar refractivity (Wildman–Crippen MR) is 55.6 cm³/mol. The SMILES string of the molecule is O=C(O)c1ccc2[nH]c(=O)n(C3CC3)c2n1. The van der Waals surface area contributed by atoms with Gasteiger partial charge in [0.15, 0.2) is 11.3 Å². The van der Waals surface area contributed by atoms with Crippen LogP contribution in [0.1, 0.15) is 29.4 Å². The molecule has 0 amide bonds. The van der Waals surface area contributed by atoms with E-state index in [0.717, 1.165) is 12.8 Å². The summed E-state index contributed by atoms with van der Waals surface area (Å²) in [6.45, 7) is 0. The van der Waals surface area contributed by atoms with Crippen molar-refractivity contribution in [1.82, 2.24) is 14.5 Å². The van der Waals surface area contributed by atoms with Crippen LogP contribution in [0.4, 0.5) is 0 Å². The standard InChI is InChI=1S/C10H9N3O3/c14-9(15)7-4-3-6-8(11-7)13(5-1-2-5)10(16)12-6/h3-5H,1-2H2,(H,12,16)(H,14,15). The number of pyridine rings is 1. The van der Waals surface area contributed by atoms with Crippen LogP contribution < -0.4 is 5.69 Å². The molecule has 82 valence electrons. The number of carbonyl (C=O) groups is 1. The highest BCUT2D eigenvalue weighted by Crippen LogP contribution is 2.35. The Hall–Kier alpha value is -2.11. The molecule has 0 aliphatic heterocycles. The van der Waals surface area contributed by atoms with Gasteiger partial charge in [0.1, 0.15) is 0 Å². The number of carboxylic acids is 1. The van der Waals surface area contributed by atoms with Crippen LogP contribution in [0.25, 0.3) is 11.2 Å². The topological polar surface area (TPSA) is 88.0 Å². The summed E-state index contributed by atoms with van der Waals surface area (Å²) in [6, 6.07) is 3.14. The van der Waals surface area contributed by atoms with E-state index < -0.39 is 5.97 Å². The molecule has 3 rings (SSSR count). The van der Waals surface area contributed by atoms with Crippen LogP contribution in [-0.4, -0.2) is 25.6 Å². The zero-order chi connectivity index (χ0) is 11.3. The predicted octanol–water partition coefficient (Wildman–Crippen LogP) is 0.758. The number of nitrogens with one attached hydrogen (secondary N) is 1. The van der Waals surface area contributed by atoms with E-state index in [4.69, 9.17) is 5.11 Å². The molecule has 0 spiro atoms. The molecule has 1 aliphatic carbocycles. The van der Waals surface area contributed by atoms with Crippen molar-refractivity contribution < 1.29 is 9.90 Å². The Morgan fingerprint density at radius 3 is 2.88 bits per heavy atom. The van der Waals surface area contributed by atoms with E-state index in [1.54, 1.807) is 10.6 Å². The number of H-pyrrole nitrogens is 1. The molecule has 0 unspecified atom stereocenters. The highest BCUT2D eigenvalue weighted by Gasteiger charge is 2.28. The molecular formula is C10H9N3O3. The lowest BCUT2D eigenvalue weighted by molar-refractivity contribution is 0.0691. The third kappa shape index (κ3) is 1.23. The summed E-state index contributed by atoms with van der Waals surface area (Å²) in [5.41, 5.74) is 0.766. The Morgan fingerprint density at radius 2 is 2.25 bits per heavy atom. The third-order valence-corrected chi connectivity index (χ3v) is 2.69. The fourth-order valence-electron chi connectivity index (χ4n) is 1.79. The lowest BCUT2D eigenvalue weighted by atomic mass is 10.3. The van der Waals surface area contributed by atoms with E-state index >= 15 is 0 Å². The van der Waals surface area contributed by atoms with E-state index in [2.05, 4.69) is 9.97 Å². The van der Waals surface area contributed by atoms with Gasteiger partial charge in [0.05, 0.1) is 5.52 Å². The van der Waals surface area contributed by atoms with Crippen molar-refractivity contribution in [2.45, 2.75) is 18.9 Å². The summed E-state index contributed by atoms with van der Waals surface area (Å²) < 4.78 is 1.54. The average Bonchev–Trinajstić information content (AvgIpc) is 3.00. The monoisotopic (exact) mass is 219 g/mol. The van der Waals surface area contributed by atoms with E-state index in [1.807, 2.05) is 0 Å². The Morgan fingerprint density at radius 1 is 1.50 bits per heavy atom. The van der Waals surface area contributed by atoms with Gasteiger partial charge >= 0.3 is 11.7 Å². The molecule has 0 saturated heterocycles. The Bertz CT molecular complexity index is 636. The van der Waals surface area contributed by atoms with Crippen molar-refractivity contribution in [3.8, 4) is 0 Å². The van der Waals surface area contributed by atoms with Crippen molar-refractivity contribution in [3.05, 3.63) is 28.3 Å². The second-order valence-corrected chi connectivity index (χ2v) is 3.90. The lowest BCUT2D eigenvalue weighted by Gasteiger charge is -1.99. The second-order valence-electron chi connectivity index (χ2n) is 3.90. The number of carboxylic acid groups (broad SMARTS) is 1. The van der Waals surface area contributed by atoms with Gasteiger partial charge in [-0.2, -0.15) is 0 Å². The quantitative estimate of drug-likeness (QED) is 0.780. The summed E-state index contributed by atoms with van der Waals surface area (Å²) in [6.07, 6.45) is 1.90. The Balaban J connectivity index is 2.31. The molecule has 1 aliphatic rings. The Kier molecular flexibility index (Phi) is 1.68. The second kappa shape index (κ2) is 2.94. The normalized spacial score (nSPS) is 15.5. The van der Waals surface area contributed by atoms with Gasteiger partial charge in [-0.1, -0.05) is 0 Å². The van der Waals surface area contributed by atoms with E-state index in [1.165, 1.54) is 6.07 Å². The molecule has 2 N–H and O–H groups in total. The molecule has 16 heavy (non-hydrogen) atoms. The molecular weight excluding hydrogens is 210 g/mol. The van der Waals surface area contributed by atoms with Crippen molar-refractivity contribution in [2.75, 3.05) is 0 Å². The first-order valence-electron chi connectivity index (χ1n) is 5.01. The number of fused-ring (bicyclic) bond motifs is 1. The molecule has 1 fully saturated rings. The molecule has 6 nitrogen and oxygen atoms in total. The van der Waals surface area contributed by atoms with Gasteiger partial charge in [0.25, 0.3) is 0 Å². The molecule has 1 saturated carbocycles. The van der Waals surface area contributed by atoms with Gasteiger partial charge in [0.2, 0.25) is 0 Å². The fraction of sp³-hybridized carbons (Fsp3) is 0.300. The van der Waals surface area contributed by atoms with E-state index in [0.29, 0.717) is 11.2 Å². The summed E-state index contributed by atoms with van der Waals surface area (Å²) in [5, 5.41) is 8.84. The lowest BCUT2D eigenvalue weighted by Crippen LogP contribution is -2.15. The van der Waals surface area contributed by atoms with Gasteiger partial charge in [-0.05, 0) is 25.0 Å². The maximum absolute atomic E-state index is 11.6. The number of hydrogen-bond acceptors (Lipinski definition) is 3. The number of hydrogen-bond donors (Lipinski definition) is 2. The van der Waals surface area contributed by atoms with Crippen LogP contribution in [-0.2, 0) is 0 Å². The smallest absolute Gasteiger partial charge is 0.354 e. The molecule has 0 bridgehead atoms. The molecule has 0 radical (unpaired) electrons. The number of rotatable bonds is 2. The first kappa shape index (κ1) is 9.14. The van der Waals surface area contributed by atoms with E-state index in [9.17, 15) is 9.59 Å². The highest BCUT2D eigenvalue weighted by atomic mass is 16.4. The maximum Gasteiger partial charge on any atom is 0.354 e. The number of aromatic amines is 1. The van der Waals surface area contributed by atoms with Crippen LogP contribution in [0.3, 0.4) is 0 Å². The van der Waals surface area contributed by atoms with Crippen molar-refractivity contribution in [2.24, 2.45) is 0 Å².